The highest BCUT2D eigenvalue weighted by Crippen LogP contribution is 2.26. The molecule has 2 aromatic carbocycles. The van der Waals surface area contributed by atoms with Gasteiger partial charge in [-0.15, -0.1) is 0 Å². The molecule has 0 fully saturated rings. The molecule has 0 saturated carbocycles. The number of hydrogen-bond donors (Lipinski definition) is 0. The molecule has 0 radical (unpaired) electrons. The molecular formula is C20H20N+. The van der Waals surface area contributed by atoms with E-state index in [1.807, 2.05) is 0 Å². The minimum atomic E-state index is 1.26. The first-order valence-corrected chi connectivity index (χ1v) is 7.29. The lowest BCUT2D eigenvalue weighted by atomic mass is 9.99. The van der Waals surface area contributed by atoms with Crippen LogP contribution in [0.1, 0.15) is 11.1 Å². The van der Waals surface area contributed by atoms with Gasteiger partial charge in [0.25, 0.3) is 0 Å². The predicted molar refractivity (Wildman–Crippen MR) is 88.0 cm³/mol. The van der Waals surface area contributed by atoms with Crippen LogP contribution >= 0.6 is 0 Å². The van der Waals surface area contributed by atoms with Crippen molar-refractivity contribution in [3.05, 3.63) is 77.9 Å². The monoisotopic (exact) mass is 274 g/mol. The van der Waals surface area contributed by atoms with Crippen molar-refractivity contribution in [2.75, 3.05) is 0 Å². The highest BCUT2D eigenvalue weighted by molar-refractivity contribution is 5.66. The van der Waals surface area contributed by atoms with Gasteiger partial charge in [0.2, 0.25) is 11.4 Å². The van der Waals surface area contributed by atoms with E-state index < -0.39 is 0 Å². The smallest absolute Gasteiger partial charge is 0.194 e. The Morgan fingerprint density at radius 2 is 1.00 bits per heavy atom. The normalized spacial score (nSPS) is 10.6. The fourth-order valence-corrected chi connectivity index (χ4v) is 3.14. The topological polar surface area (TPSA) is 3.88 Å². The van der Waals surface area contributed by atoms with Crippen LogP contribution in [0.2, 0.25) is 0 Å². The zero-order valence-corrected chi connectivity index (χ0v) is 12.8. The van der Waals surface area contributed by atoms with Gasteiger partial charge in [-0.05, 0) is 44.2 Å². The van der Waals surface area contributed by atoms with Gasteiger partial charge in [0.15, 0.2) is 0 Å². The standard InChI is InChI=1S/C20H20N/c1-15-14-16(2)20(18-12-8-5-9-13-18)21(3)19(15)17-10-6-4-7-11-17/h4-14H,1-3H3/q+1. The summed E-state index contributed by atoms with van der Waals surface area (Å²) in [5.41, 5.74) is 7.69. The number of nitrogens with zero attached hydrogens (tertiary/aromatic N) is 1. The van der Waals surface area contributed by atoms with E-state index in [0.29, 0.717) is 0 Å². The summed E-state index contributed by atoms with van der Waals surface area (Å²) in [6, 6.07) is 23.5. The molecule has 0 aliphatic heterocycles. The van der Waals surface area contributed by atoms with E-state index in [4.69, 9.17) is 0 Å². The van der Waals surface area contributed by atoms with Crippen LogP contribution in [0.4, 0.5) is 0 Å². The predicted octanol–water partition coefficient (Wildman–Crippen LogP) is 4.46. The number of aryl methyl sites for hydroxylation is 2. The zero-order chi connectivity index (χ0) is 14.8. The van der Waals surface area contributed by atoms with Gasteiger partial charge in [0.1, 0.15) is 7.05 Å². The van der Waals surface area contributed by atoms with Gasteiger partial charge in [0.05, 0.1) is 0 Å². The van der Waals surface area contributed by atoms with Gasteiger partial charge in [-0.25, -0.2) is 0 Å². The van der Waals surface area contributed by atoms with Crippen LogP contribution in [-0.2, 0) is 7.05 Å². The first-order chi connectivity index (χ1) is 10.2. The summed E-state index contributed by atoms with van der Waals surface area (Å²) in [5.74, 6) is 0. The first-order valence-electron chi connectivity index (χ1n) is 7.29. The molecule has 21 heavy (non-hydrogen) atoms. The van der Waals surface area contributed by atoms with Crippen LogP contribution in [0.15, 0.2) is 66.7 Å². The second kappa shape index (κ2) is 5.53. The largest absolute Gasteiger partial charge is 0.215 e. The number of benzene rings is 2. The minimum absolute atomic E-state index is 1.26. The van der Waals surface area contributed by atoms with E-state index in [9.17, 15) is 0 Å². The molecule has 0 amide bonds. The Hall–Kier alpha value is -2.41. The number of pyridine rings is 1. The average molecular weight is 274 g/mol. The van der Waals surface area contributed by atoms with Gasteiger partial charge >= 0.3 is 0 Å². The zero-order valence-electron chi connectivity index (χ0n) is 12.8. The summed E-state index contributed by atoms with van der Waals surface area (Å²) in [6.45, 7) is 4.37. The summed E-state index contributed by atoms with van der Waals surface area (Å²) < 4.78 is 2.31. The van der Waals surface area contributed by atoms with Gasteiger partial charge in [0, 0.05) is 22.3 Å². The van der Waals surface area contributed by atoms with Gasteiger partial charge in [-0.1, -0.05) is 36.4 Å². The highest BCUT2D eigenvalue weighted by Gasteiger charge is 2.21. The fraction of sp³-hybridized carbons (Fsp3) is 0.150. The maximum absolute atomic E-state index is 2.31. The van der Waals surface area contributed by atoms with Crippen LogP contribution < -0.4 is 4.57 Å². The molecule has 1 heterocycles. The minimum Gasteiger partial charge on any atom is -0.194 e. The Morgan fingerprint density at radius 3 is 1.38 bits per heavy atom. The van der Waals surface area contributed by atoms with Crippen molar-refractivity contribution in [3.63, 3.8) is 0 Å². The Balaban J connectivity index is 2.29. The van der Waals surface area contributed by atoms with Crippen molar-refractivity contribution >= 4 is 0 Å². The van der Waals surface area contributed by atoms with Crippen molar-refractivity contribution in [1.29, 1.82) is 0 Å². The molecule has 0 saturated heterocycles. The van der Waals surface area contributed by atoms with Gasteiger partial charge < -0.3 is 0 Å². The summed E-state index contributed by atoms with van der Waals surface area (Å²) in [4.78, 5) is 0. The lowest BCUT2D eigenvalue weighted by Crippen LogP contribution is -2.35. The molecule has 0 unspecified atom stereocenters. The van der Waals surface area contributed by atoms with Crippen molar-refractivity contribution in [3.8, 4) is 22.5 Å². The van der Waals surface area contributed by atoms with Crippen LogP contribution in [0.3, 0.4) is 0 Å². The van der Waals surface area contributed by atoms with E-state index in [0.717, 1.165) is 0 Å². The van der Waals surface area contributed by atoms with Crippen LogP contribution in [0, 0.1) is 13.8 Å². The third kappa shape index (κ3) is 2.47. The molecular weight excluding hydrogens is 254 g/mol. The number of aromatic nitrogens is 1. The van der Waals surface area contributed by atoms with Crippen molar-refractivity contribution < 1.29 is 4.57 Å². The first kappa shape index (κ1) is 13.6. The van der Waals surface area contributed by atoms with E-state index in [2.05, 4.69) is 92.2 Å². The van der Waals surface area contributed by atoms with Crippen molar-refractivity contribution in [2.45, 2.75) is 13.8 Å². The molecule has 1 heteroatoms. The van der Waals surface area contributed by atoms with Gasteiger partial charge in [-0.3, -0.25) is 0 Å². The molecule has 0 N–H and O–H groups in total. The third-order valence-corrected chi connectivity index (χ3v) is 3.95. The van der Waals surface area contributed by atoms with Crippen molar-refractivity contribution in [2.24, 2.45) is 7.05 Å². The highest BCUT2D eigenvalue weighted by atomic mass is 15.0. The second-order valence-corrected chi connectivity index (χ2v) is 5.50. The summed E-state index contributed by atoms with van der Waals surface area (Å²) in [5, 5.41) is 0. The van der Waals surface area contributed by atoms with E-state index in [1.54, 1.807) is 0 Å². The third-order valence-electron chi connectivity index (χ3n) is 3.95. The molecule has 0 atom stereocenters. The fourth-order valence-electron chi connectivity index (χ4n) is 3.14. The Kier molecular flexibility index (Phi) is 3.57. The Labute approximate surface area is 126 Å². The Morgan fingerprint density at radius 1 is 0.619 bits per heavy atom. The molecule has 0 spiro atoms. The summed E-state index contributed by atoms with van der Waals surface area (Å²) in [7, 11) is 2.16. The maximum Gasteiger partial charge on any atom is 0.215 e. The molecule has 104 valence electrons. The lowest BCUT2D eigenvalue weighted by Gasteiger charge is -2.11. The molecule has 3 aromatic rings. The van der Waals surface area contributed by atoms with E-state index in [1.165, 1.54) is 33.6 Å². The quantitative estimate of drug-likeness (QED) is 0.607. The summed E-state index contributed by atoms with van der Waals surface area (Å²) in [6.07, 6.45) is 0. The number of hydrogen-bond acceptors (Lipinski definition) is 0. The molecule has 3 rings (SSSR count). The van der Waals surface area contributed by atoms with E-state index >= 15 is 0 Å². The van der Waals surface area contributed by atoms with Gasteiger partial charge in [-0.2, -0.15) is 4.57 Å². The molecule has 1 nitrogen and oxygen atoms in total. The molecule has 0 aliphatic rings. The molecule has 0 bridgehead atoms. The number of rotatable bonds is 2. The second-order valence-electron chi connectivity index (χ2n) is 5.50. The average Bonchev–Trinajstić information content (AvgIpc) is 2.49. The molecule has 1 aromatic heterocycles. The van der Waals surface area contributed by atoms with Crippen LogP contribution in [0.5, 0.6) is 0 Å². The lowest BCUT2D eigenvalue weighted by molar-refractivity contribution is -0.649. The Bertz CT molecular complexity index is 695. The van der Waals surface area contributed by atoms with Crippen LogP contribution in [-0.4, -0.2) is 0 Å². The SMILES string of the molecule is Cc1cc(C)c(-c2ccccc2)[n+](C)c1-c1ccccc1. The maximum atomic E-state index is 2.31. The molecule has 0 aliphatic carbocycles. The van der Waals surface area contributed by atoms with Crippen LogP contribution in [0.25, 0.3) is 22.5 Å². The van der Waals surface area contributed by atoms with E-state index in [-0.39, 0.29) is 0 Å². The summed E-state index contributed by atoms with van der Waals surface area (Å²) >= 11 is 0. The van der Waals surface area contributed by atoms with Crippen molar-refractivity contribution in [1.82, 2.24) is 0 Å².